The fraction of sp³-hybridized carbons (Fsp3) is 0. The minimum Gasteiger partial charge on any atom is -0.457 e. The van der Waals surface area contributed by atoms with Crippen LogP contribution in [0.15, 0.2) is 52.9 Å². The number of halogens is 2. The number of nitriles is 1. The first kappa shape index (κ1) is 20.1. The van der Waals surface area contributed by atoms with Gasteiger partial charge in [0.25, 0.3) is 11.4 Å². The largest absolute Gasteiger partial charge is 0.457 e. The molecule has 0 unspecified atom stereocenters. The van der Waals surface area contributed by atoms with Crippen molar-refractivity contribution in [2.24, 2.45) is 0 Å². The minimum atomic E-state index is -0.637. The molecule has 0 bridgehead atoms. The van der Waals surface area contributed by atoms with Gasteiger partial charge in [0.1, 0.15) is 16.5 Å². The van der Waals surface area contributed by atoms with Crippen molar-refractivity contribution in [3.63, 3.8) is 0 Å². The van der Waals surface area contributed by atoms with E-state index < -0.39 is 9.85 Å². The summed E-state index contributed by atoms with van der Waals surface area (Å²) in [7, 11) is 0. The van der Waals surface area contributed by atoms with E-state index in [0.29, 0.717) is 5.56 Å². The van der Waals surface area contributed by atoms with Gasteiger partial charge in [-0.3, -0.25) is 20.2 Å². The number of nitrogens with zero attached hydrogens (tertiary/aromatic N) is 3. The number of non-ortho nitro benzene ring substituents is 1. The Balaban J connectivity index is 2.01. The second-order valence-corrected chi connectivity index (χ2v) is 6.53. The topological polar surface area (TPSA) is 123 Å². The summed E-state index contributed by atoms with van der Waals surface area (Å²) in [5.74, 6) is 0.495. The fourth-order valence-electron chi connectivity index (χ4n) is 2.55. The van der Waals surface area contributed by atoms with Crippen molar-refractivity contribution in [2.75, 3.05) is 0 Å². The van der Waals surface area contributed by atoms with Crippen LogP contribution >= 0.6 is 23.2 Å². The zero-order valence-electron chi connectivity index (χ0n) is 14.3. The van der Waals surface area contributed by atoms with Gasteiger partial charge in [-0.05, 0) is 29.8 Å². The Labute approximate surface area is 173 Å². The smallest absolute Gasteiger partial charge is 0.288 e. The predicted octanol–water partition coefficient (Wildman–Crippen LogP) is 6.13. The Hall–Kier alpha value is -3.67. The molecule has 0 saturated carbocycles. The van der Waals surface area contributed by atoms with E-state index in [1.807, 2.05) is 6.07 Å². The molecule has 0 radical (unpaired) electrons. The van der Waals surface area contributed by atoms with Crippen LogP contribution in [0, 0.1) is 31.6 Å². The first-order valence-corrected chi connectivity index (χ1v) is 8.66. The highest BCUT2D eigenvalue weighted by Gasteiger charge is 2.19. The molecule has 0 fully saturated rings. The molecule has 29 heavy (non-hydrogen) atoms. The molecule has 1 aromatic heterocycles. The third kappa shape index (κ3) is 4.27. The van der Waals surface area contributed by atoms with E-state index in [4.69, 9.17) is 27.6 Å². The molecule has 144 valence electrons. The number of nitro benzene ring substituents is 2. The highest BCUT2D eigenvalue weighted by molar-refractivity contribution is 6.37. The first-order valence-electron chi connectivity index (χ1n) is 7.90. The highest BCUT2D eigenvalue weighted by Crippen LogP contribution is 2.37. The summed E-state index contributed by atoms with van der Waals surface area (Å²) in [6.45, 7) is 0. The first-order chi connectivity index (χ1) is 13.8. The maximum Gasteiger partial charge on any atom is 0.288 e. The highest BCUT2D eigenvalue weighted by atomic mass is 35.5. The zero-order chi connectivity index (χ0) is 21.1. The minimum absolute atomic E-state index is 0.104. The Morgan fingerprint density at radius 3 is 2.45 bits per heavy atom. The lowest BCUT2D eigenvalue weighted by Crippen LogP contribution is -1.90. The molecule has 3 aromatic rings. The van der Waals surface area contributed by atoms with Crippen LogP contribution in [0.3, 0.4) is 0 Å². The molecular weight excluding hydrogens is 421 g/mol. The number of rotatable bonds is 5. The zero-order valence-corrected chi connectivity index (χ0v) is 15.8. The normalized spacial score (nSPS) is 11.1. The number of furan rings is 1. The molecular formula is C19H9Cl2N3O5. The van der Waals surface area contributed by atoms with Gasteiger partial charge in [0.05, 0.1) is 26.5 Å². The summed E-state index contributed by atoms with van der Waals surface area (Å²) in [6.07, 6.45) is 1.40. The quantitative estimate of drug-likeness (QED) is 0.272. The fourth-order valence-corrected chi connectivity index (χ4v) is 3.10. The Morgan fingerprint density at radius 2 is 1.79 bits per heavy atom. The molecule has 0 aliphatic rings. The number of hydrogen-bond acceptors (Lipinski definition) is 6. The number of benzene rings is 2. The second kappa shape index (κ2) is 8.14. The molecule has 8 nitrogen and oxygen atoms in total. The van der Waals surface area contributed by atoms with Gasteiger partial charge in [-0.15, -0.1) is 0 Å². The van der Waals surface area contributed by atoms with Crippen molar-refractivity contribution in [1.82, 2.24) is 0 Å². The summed E-state index contributed by atoms with van der Waals surface area (Å²) in [4.78, 5) is 20.8. The van der Waals surface area contributed by atoms with Crippen LogP contribution in [0.5, 0.6) is 0 Å². The molecule has 0 amide bonds. The average molecular weight is 430 g/mol. The molecule has 0 aliphatic heterocycles. The standard InChI is InChI=1S/C19H9Cl2N3O5/c20-16-9-17(21)18(24(27)28)8-15(16)19-5-4-14(29-19)7-12(10-22)11-2-1-3-13(6-11)23(25)26/h1-9H. The van der Waals surface area contributed by atoms with Crippen LogP contribution in [0.25, 0.3) is 23.0 Å². The van der Waals surface area contributed by atoms with E-state index >= 15 is 0 Å². The number of hydrogen-bond donors (Lipinski definition) is 0. The van der Waals surface area contributed by atoms with Crippen LogP contribution in [0.1, 0.15) is 11.3 Å². The molecule has 0 spiro atoms. The SMILES string of the molecule is N#CC(=Cc1ccc(-c2cc([N+](=O)[O-])c(Cl)cc2Cl)o1)c1cccc([N+](=O)[O-])c1. The Bertz CT molecular complexity index is 1210. The molecule has 0 aliphatic carbocycles. The van der Waals surface area contributed by atoms with Gasteiger partial charge in [-0.2, -0.15) is 5.26 Å². The molecule has 3 rings (SSSR count). The molecule has 2 aromatic carbocycles. The van der Waals surface area contributed by atoms with Crippen LogP contribution in [-0.2, 0) is 0 Å². The van der Waals surface area contributed by atoms with E-state index in [1.165, 1.54) is 42.5 Å². The average Bonchev–Trinajstić information content (AvgIpc) is 3.14. The van der Waals surface area contributed by atoms with Crippen molar-refractivity contribution in [2.45, 2.75) is 0 Å². The third-order valence-electron chi connectivity index (χ3n) is 3.90. The molecule has 0 atom stereocenters. The Morgan fingerprint density at radius 1 is 1.03 bits per heavy atom. The Kier molecular flexibility index (Phi) is 5.64. The number of allylic oxidation sites excluding steroid dienone is 1. The van der Waals surface area contributed by atoms with Crippen molar-refractivity contribution in [3.8, 4) is 17.4 Å². The van der Waals surface area contributed by atoms with Crippen molar-refractivity contribution < 1.29 is 14.3 Å². The summed E-state index contributed by atoms with van der Waals surface area (Å²) >= 11 is 12.0. The van der Waals surface area contributed by atoms with Gasteiger partial charge in [-0.1, -0.05) is 35.3 Å². The lowest BCUT2D eigenvalue weighted by molar-refractivity contribution is -0.385. The van der Waals surface area contributed by atoms with E-state index in [2.05, 4.69) is 0 Å². The second-order valence-electron chi connectivity index (χ2n) is 5.72. The van der Waals surface area contributed by atoms with Gasteiger partial charge < -0.3 is 4.42 Å². The molecule has 1 heterocycles. The molecule has 10 heteroatoms. The van der Waals surface area contributed by atoms with E-state index in [0.717, 1.165) is 0 Å². The summed E-state index contributed by atoms with van der Waals surface area (Å²) in [5.41, 5.74) is 0.275. The maximum atomic E-state index is 11.1. The summed E-state index contributed by atoms with van der Waals surface area (Å²) in [6, 6.07) is 13.1. The van der Waals surface area contributed by atoms with Crippen molar-refractivity contribution >= 4 is 46.2 Å². The van der Waals surface area contributed by atoms with Crippen LogP contribution < -0.4 is 0 Å². The van der Waals surface area contributed by atoms with Crippen molar-refractivity contribution in [3.05, 3.63) is 90.1 Å². The van der Waals surface area contributed by atoms with E-state index in [-0.39, 0.29) is 44.1 Å². The van der Waals surface area contributed by atoms with Gasteiger partial charge >= 0.3 is 0 Å². The van der Waals surface area contributed by atoms with E-state index in [1.54, 1.807) is 12.1 Å². The summed E-state index contributed by atoms with van der Waals surface area (Å²) in [5, 5.41) is 31.5. The van der Waals surface area contributed by atoms with Gasteiger partial charge in [0.15, 0.2) is 0 Å². The number of nitro groups is 2. The molecule has 0 saturated heterocycles. The van der Waals surface area contributed by atoms with Gasteiger partial charge in [-0.25, -0.2) is 0 Å². The van der Waals surface area contributed by atoms with Crippen molar-refractivity contribution in [1.29, 1.82) is 5.26 Å². The summed E-state index contributed by atoms with van der Waals surface area (Å²) < 4.78 is 5.65. The lowest BCUT2D eigenvalue weighted by Gasteiger charge is -2.03. The third-order valence-corrected chi connectivity index (χ3v) is 4.52. The van der Waals surface area contributed by atoms with Gasteiger partial charge in [0.2, 0.25) is 0 Å². The van der Waals surface area contributed by atoms with Crippen LogP contribution in [0.2, 0.25) is 10.0 Å². The monoisotopic (exact) mass is 429 g/mol. The lowest BCUT2D eigenvalue weighted by atomic mass is 10.1. The van der Waals surface area contributed by atoms with Crippen LogP contribution in [-0.4, -0.2) is 9.85 Å². The van der Waals surface area contributed by atoms with Crippen LogP contribution in [0.4, 0.5) is 11.4 Å². The predicted molar refractivity (Wildman–Crippen MR) is 107 cm³/mol. The van der Waals surface area contributed by atoms with E-state index in [9.17, 15) is 25.5 Å². The molecule has 0 N–H and O–H groups in total. The van der Waals surface area contributed by atoms with Gasteiger partial charge in [0, 0.05) is 23.8 Å². The maximum absolute atomic E-state index is 11.1.